The van der Waals surface area contributed by atoms with E-state index in [-0.39, 0.29) is 23.8 Å². The molecule has 2 aliphatic rings. The molecule has 0 saturated carbocycles. The molecule has 1 aromatic heterocycles. The van der Waals surface area contributed by atoms with Gasteiger partial charge in [-0.05, 0) is 51.0 Å². The molecule has 26 heavy (non-hydrogen) atoms. The predicted octanol–water partition coefficient (Wildman–Crippen LogP) is 0.866. The van der Waals surface area contributed by atoms with Crippen molar-refractivity contribution in [3.63, 3.8) is 0 Å². The second-order valence-electron chi connectivity index (χ2n) is 7.53. The zero-order valence-electron chi connectivity index (χ0n) is 15.8. The molecule has 142 valence electrons. The molecule has 0 bridgehead atoms. The van der Waals surface area contributed by atoms with Gasteiger partial charge in [-0.3, -0.25) is 9.59 Å². The lowest BCUT2D eigenvalue weighted by Crippen LogP contribution is -2.42. The number of hydrogen-bond donors (Lipinski definition) is 2. The topological polar surface area (TPSA) is 101 Å². The fourth-order valence-electron chi connectivity index (χ4n) is 3.93. The Bertz CT molecular complexity index is 691. The maximum atomic E-state index is 12.6. The summed E-state index contributed by atoms with van der Waals surface area (Å²) in [6.45, 7) is 4.83. The van der Waals surface area contributed by atoms with E-state index in [1.165, 1.54) is 25.3 Å². The molecule has 0 spiro atoms. The third-order valence-electron chi connectivity index (χ3n) is 5.45. The molecule has 1 fully saturated rings. The molecule has 3 rings (SSSR count). The molecule has 1 aromatic rings. The van der Waals surface area contributed by atoms with Crippen LogP contribution in [0.3, 0.4) is 0 Å². The predicted molar refractivity (Wildman–Crippen MR) is 98.2 cm³/mol. The molecule has 2 heterocycles. The monoisotopic (exact) mass is 359 g/mol. The first kappa shape index (κ1) is 18.8. The van der Waals surface area contributed by atoms with E-state index in [9.17, 15) is 9.59 Å². The molecule has 0 aromatic carbocycles. The van der Waals surface area contributed by atoms with E-state index in [0.717, 1.165) is 30.7 Å². The zero-order valence-corrected chi connectivity index (χ0v) is 15.8. The molecule has 2 atom stereocenters. The van der Waals surface area contributed by atoms with E-state index in [2.05, 4.69) is 15.3 Å². The van der Waals surface area contributed by atoms with Gasteiger partial charge in [0.15, 0.2) is 0 Å². The van der Waals surface area contributed by atoms with Crippen molar-refractivity contribution in [3.05, 3.63) is 22.8 Å². The SMILES string of the molecule is CC(=O)N1C[C@@H](N)CC[C@@H](C(=O)NCc2nc(C)c3c(n2)CCCC3)C1. The third-order valence-corrected chi connectivity index (χ3v) is 5.45. The van der Waals surface area contributed by atoms with E-state index >= 15 is 0 Å². The Kier molecular flexibility index (Phi) is 5.86. The molecule has 2 amide bonds. The van der Waals surface area contributed by atoms with Crippen LogP contribution in [0.5, 0.6) is 0 Å². The van der Waals surface area contributed by atoms with Crippen LogP contribution in [0, 0.1) is 12.8 Å². The average Bonchev–Trinajstić information content (AvgIpc) is 2.82. The van der Waals surface area contributed by atoms with Crippen LogP contribution >= 0.6 is 0 Å². The van der Waals surface area contributed by atoms with Gasteiger partial charge >= 0.3 is 0 Å². The van der Waals surface area contributed by atoms with E-state index in [4.69, 9.17) is 5.73 Å². The van der Waals surface area contributed by atoms with Crippen LogP contribution in [0.25, 0.3) is 0 Å². The van der Waals surface area contributed by atoms with E-state index < -0.39 is 0 Å². The Hall–Kier alpha value is -2.02. The number of aromatic nitrogens is 2. The molecule has 7 nitrogen and oxygen atoms in total. The van der Waals surface area contributed by atoms with Crippen molar-refractivity contribution < 1.29 is 9.59 Å². The van der Waals surface area contributed by atoms with Crippen LogP contribution in [0.4, 0.5) is 0 Å². The highest BCUT2D eigenvalue weighted by atomic mass is 16.2. The van der Waals surface area contributed by atoms with Crippen molar-refractivity contribution in [1.29, 1.82) is 0 Å². The number of likely N-dealkylation sites (tertiary alicyclic amines) is 1. The van der Waals surface area contributed by atoms with Crippen molar-refractivity contribution in [2.45, 2.75) is 65.0 Å². The largest absolute Gasteiger partial charge is 0.349 e. The maximum Gasteiger partial charge on any atom is 0.225 e. The minimum absolute atomic E-state index is 0.0335. The number of nitrogens with two attached hydrogens (primary N) is 1. The summed E-state index contributed by atoms with van der Waals surface area (Å²) in [6, 6.07) is -0.0664. The number of carbonyl (C=O) groups excluding carboxylic acids is 2. The number of nitrogens with one attached hydrogen (secondary N) is 1. The summed E-state index contributed by atoms with van der Waals surface area (Å²) in [4.78, 5) is 35.3. The van der Waals surface area contributed by atoms with Gasteiger partial charge in [-0.2, -0.15) is 0 Å². The number of hydrogen-bond acceptors (Lipinski definition) is 5. The number of aryl methyl sites for hydroxylation is 2. The van der Waals surface area contributed by atoms with Crippen LogP contribution in [0.1, 0.15) is 55.4 Å². The van der Waals surface area contributed by atoms with Gasteiger partial charge in [-0.25, -0.2) is 9.97 Å². The number of carbonyl (C=O) groups is 2. The lowest BCUT2D eigenvalue weighted by Gasteiger charge is -2.23. The first-order valence-electron chi connectivity index (χ1n) is 9.58. The van der Waals surface area contributed by atoms with Crippen molar-refractivity contribution >= 4 is 11.8 Å². The molecule has 7 heteroatoms. The number of amides is 2. The van der Waals surface area contributed by atoms with Crippen LogP contribution in [-0.4, -0.2) is 45.8 Å². The quantitative estimate of drug-likeness (QED) is 0.834. The Balaban J connectivity index is 1.63. The molecule has 1 aliphatic carbocycles. The first-order valence-corrected chi connectivity index (χ1v) is 9.58. The summed E-state index contributed by atoms with van der Waals surface area (Å²) in [7, 11) is 0. The highest BCUT2D eigenvalue weighted by Gasteiger charge is 2.28. The fraction of sp³-hybridized carbons (Fsp3) is 0.684. The van der Waals surface area contributed by atoms with Crippen molar-refractivity contribution in [2.75, 3.05) is 13.1 Å². The Morgan fingerprint density at radius 2 is 1.96 bits per heavy atom. The van der Waals surface area contributed by atoms with Crippen molar-refractivity contribution in [3.8, 4) is 0 Å². The smallest absolute Gasteiger partial charge is 0.225 e. The van der Waals surface area contributed by atoms with Gasteiger partial charge in [0.05, 0.1) is 12.5 Å². The lowest BCUT2D eigenvalue weighted by atomic mass is 9.95. The summed E-state index contributed by atoms with van der Waals surface area (Å²) in [5, 5.41) is 2.96. The van der Waals surface area contributed by atoms with Crippen LogP contribution in [0.2, 0.25) is 0 Å². The van der Waals surface area contributed by atoms with Crippen molar-refractivity contribution in [2.24, 2.45) is 11.7 Å². The summed E-state index contributed by atoms with van der Waals surface area (Å²) in [6.07, 6.45) is 5.85. The molecule has 1 saturated heterocycles. The van der Waals surface area contributed by atoms with E-state index in [1.807, 2.05) is 6.92 Å². The standard InChI is InChI=1S/C19H29N5O2/c1-12-16-5-3-4-6-17(16)23-18(22-12)9-21-19(26)14-7-8-15(20)11-24(10-14)13(2)25/h14-15H,3-11,20H2,1-2H3,(H,21,26)/t14-,15+/m1/s1. The molecule has 1 aliphatic heterocycles. The molecular formula is C19H29N5O2. The average molecular weight is 359 g/mol. The molecular weight excluding hydrogens is 330 g/mol. The number of fused-ring (bicyclic) bond motifs is 1. The second-order valence-corrected chi connectivity index (χ2v) is 7.53. The molecule has 0 unspecified atom stereocenters. The molecule has 3 N–H and O–H groups in total. The second kappa shape index (κ2) is 8.12. The normalized spacial score (nSPS) is 23.1. The minimum Gasteiger partial charge on any atom is -0.349 e. The zero-order chi connectivity index (χ0) is 18.7. The highest BCUT2D eigenvalue weighted by Crippen LogP contribution is 2.22. The summed E-state index contributed by atoms with van der Waals surface area (Å²) >= 11 is 0. The summed E-state index contributed by atoms with van der Waals surface area (Å²) in [5.41, 5.74) is 9.47. The van der Waals surface area contributed by atoms with E-state index in [1.54, 1.807) is 4.90 Å². The lowest BCUT2D eigenvalue weighted by molar-refractivity contribution is -0.131. The van der Waals surface area contributed by atoms with Gasteiger partial charge in [0.2, 0.25) is 11.8 Å². The Labute approximate surface area is 154 Å². The Morgan fingerprint density at radius 3 is 2.73 bits per heavy atom. The van der Waals surface area contributed by atoms with Crippen LogP contribution < -0.4 is 11.1 Å². The van der Waals surface area contributed by atoms with Gasteiger partial charge in [0, 0.05) is 37.4 Å². The van der Waals surface area contributed by atoms with Gasteiger partial charge in [0.1, 0.15) is 5.82 Å². The van der Waals surface area contributed by atoms with Crippen LogP contribution in [0.15, 0.2) is 0 Å². The molecule has 0 radical (unpaired) electrons. The highest BCUT2D eigenvalue weighted by molar-refractivity contribution is 5.80. The van der Waals surface area contributed by atoms with Crippen molar-refractivity contribution in [1.82, 2.24) is 20.2 Å². The van der Waals surface area contributed by atoms with Gasteiger partial charge in [-0.15, -0.1) is 0 Å². The minimum atomic E-state index is -0.230. The van der Waals surface area contributed by atoms with E-state index in [0.29, 0.717) is 31.9 Å². The van der Waals surface area contributed by atoms with Gasteiger partial charge in [-0.1, -0.05) is 0 Å². The van der Waals surface area contributed by atoms with Gasteiger partial charge < -0.3 is 16.0 Å². The fourth-order valence-corrected chi connectivity index (χ4v) is 3.93. The number of nitrogens with zero attached hydrogens (tertiary/aromatic N) is 3. The third kappa shape index (κ3) is 4.38. The Morgan fingerprint density at radius 1 is 1.19 bits per heavy atom. The summed E-state index contributed by atoms with van der Waals surface area (Å²) < 4.78 is 0. The first-order chi connectivity index (χ1) is 12.4. The number of rotatable bonds is 3. The summed E-state index contributed by atoms with van der Waals surface area (Å²) in [5.74, 6) is 0.356. The van der Waals surface area contributed by atoms with Crippen LogP contribution in [-0.2, 0) is 29.0 Å². The van der Waals surface area contributed by atoms with Gasteiger partial charge in [0.25, 0.3) is 0 Å². The maximum absolute atomic E-state index is 12.6.